The Balaban J connectivity index is 1.97. The molecule has 4 unspecified atom stereocenters. The Morgan fingerprint density at radius 1 is 1.18 bits per heavy atom. The Morgan fingerprint density at radius 2 is 1.88 bits per heavy atom. The molecule has 2 rings (SSSR count). The molecule has 17 heavy (non-hydrogen) atoms. The Kier molecular flexibility index (Phi) is 3.84. The van der Waals surface area contributed by atoms with Crippen LogP contribution in [-0.2, 0) is 0 Å². The van der Waals surface area contributed by atoms with E-state index in [1.54, 1.807) is 0 Å². The van der Waals surface area contributed by atoms with Gasteiger partial charge in [-0.1, -0.05) is 27.7 Å². The summed E-state index contributed by atoms with van der Waals surface area (Å²) in [6.07, 6.45) is 5.35. The van der Waals surface area contributed by atoms with E-state index in [0.29, 0.717) is 17.4 Å². The minimum atomic E-state index is 0.431. The molecule has 1 aliphatic carbocycles. The first-order chi connectivity index (χ1) is 7.87. The van der Waals surface area contributed by atoms with Crippen LogP contribution in [0, 0.1) is 17.3 Å². The summed E-state index contributed by atoms with van der Waals surface area (Å²) in [5, 5.41) is 0. The van der Waals surface area contributed by atoms with Crippen molar-refractivity contribution in [2.75, 3.05) is 13.1 Å². The molecule has 0 aromatic heterocycles. The third kappa shape index (κ3) is 3.23. The minimum Gasteiger partial charge on any atom is -0.327 e. The summed E-state index contributed by atoms with van der Waals surface area (Å²) >= 11 is 0. The van der Waals surface area contributed by atoms with Crippen molar-refractivity contribution < 1.29 is 0 Å². The fraction of sp³-hybridized carbons (Fsp3) is 1.00. The van der Waals surface area contributed by atoms with Crippen LogP contribution in [-0.4, -0.2) is 30.1 Å². The van der Waals surface area contributed by atoms with Crippen LogP contribution in [0.3, 0.4) is 0 Å². The molecule has 0 radical (unpaired) electrons. The highest BCUT2D eigenvalue weighted by Crippen LogP contribution is 2.41. The Morgan fingerprint density at radius 3 is 2.47 bits per heavy atom. The highest BCUT2D eigenvalue weighted by atomic mass is 15.2. The van der Waals surface area contributed by atoms with E-state index in [0.717, 1.165) is 12.0 Å². The lowest BCUT2D eigenvalue weighted by atomic mass is 9.70. The van der Waals surface area contributed by atoms with Crippen molar-refractivity contribution in [3.8, 4) is 0 Å². The molecule has 2 heteroatoms. The zero-order chi connectivity index (χ0) is 12.6. The van der Waals surface area contributed by atoms with E-state index in [9.17, 15) is 0 Å². The number of rotatable bonds is 1. The number of hydrogen-bond acceptors (Lipinski definition) is 2. The van der Waals surface area contributed by atoms with Crippen molar-refractivity contribution >= 4 is 0 Å². The van der Waals surface area contributed by atoms with Gasteiger partial charge in [-0.15, -0.1) is 0 Å². The minimum absolute atomic E-state index is 0.431. The summed E-state index contributed by atoms with van der Waals surface area (Å²) in [6.45, 7) is 12.1. The SMILES string of the molecule is CC1CC(N2CCC(N)C(C)C2)CC(C)(C)C1. The Hall–Kier alpha value is -0.0800. The van der Waals surface area contributed by atoms with Crippen molar-refractivity contribution in [2.24, 2.45) is 23.0 Å². The van der Waals surface area contributed by atoms with Crippen molar-refractivity contribution in [2.45, 2.75) is 65.5 Å². The monoisotopic (exact) mass is 238 g/mol. The van der Waals surface area contributed by atoms with Crippen LogP contribution in [0.15, 0.2) is 0 Å². The molecule has 0 aromatic carbocycles. The van der Waals surface area contributed by atoms with Gasteiger partial charge in [0.1, 0.15) is 0 Å². The molecule has 0 spiro atoms. The molecular formula is C15H30N2. The van der Waals surface area contributed by atoms with Gasteiger partial charge in [0, 0.05) is 18.6 Å². The van der Waals surface area contributed by atoms with Crippen molar-refractivity contribution in [3.63, 3.8) is 0 Å². The summed E-state index contributed by atoms with van der Waals surface area (Å²) in [5.41, 5.74) is 6.66. The van der Waals surface area contributed by atoms with E-state index in [1.165, 1.54) is 38.8 Å². The lowest BCUT2D eigenvalue weighted by Gasteiger charge is -2.47. The topological polar surface area (TPSA) is 29.3 Å². The van der Waals surface area contributed by atoms with Gasteiger partial charge in [-0.2, -0.15) is 0 Å². The molecule has 1 aliphatic heterocycles. The van der Waals surface area contributed by atoms with E-state index in [4.69, 9.17) is 5.73 Å². The van der Waals surface area contributed by atoms with Gasteiger partial charge in [0.15, 0.2) is 0 Å². The van der Waals surface area contributed by atoms with Crippen LogP contribution in [0.5, 0.6) is 0 Å². The fourth-order valence-corrected chi connectivity index (χ4v) is 4.10. The van der Waals surface area contributed by atoms with E-state index in [2.05, 4.69) is 32.6 Å². The van der Waals surface area contributed by atoms with Crippen LogP contribution in [0.1, 0.15) is 53.4 Å². The van der Waals surface area contributed by atoms with E-state index in [-0.39, 0.29) is 0 Å². The molecule has 100 valence electrons. The lowest BCUT2D eigenvalue weighted by Crippen LogP contribution is -2.52. The van der Waals surface area contributed by atoms with Crippen LogP contribution in [0.25, 0.3) is 0 Å². The zero-order valence-corrected chi connectivity index (χ0v) is 12.1. The van der Waals surface area contributed by atoms with Crippen LogP contribution in [0.4, 0.5) is 0 Å². The van der Waals surface area contributed by atoms with Gasteiger partial charge in [-0.25, -0.2) is 0 Å². The largest absolute Gasteiger partial charge is 0.327 e. The average molecular weight is 238 g/mol. The summed E-state index contributed by atoms with van der Waals surface area (Å²) in [6, 6.07) is 1.24. The number of nitrogens with zero attached hydrogens (tertiary/aromatic N) is 1. The molecule has 4 atom stereocenters. The number of likely N-dealkylation sites (tertiary alicyclic amines) is 1. The van der Waals surface area contributed by atoms with Gasteiger partial charge < -0.3 is 5.73 Å². The second-order valence-electron chi connectivity index (χ2n) is 7.49. The first-order valence-electron chi connectivity index (χ1n) is 7.37. The molecule has 2 N–H and O–H groups in total. The van der Waals surface area contributed by atoms with E-state index in [1.807, 2.05) is 0 Å². The van der Waals surface area contributed by atoms with Gasteiger partial charge in [-0.05, 0) is 49.5 Å². The predicted molar refractivity (Wildman–Crippen MR) is 73.9 cm³/mol. The van der Waals surface area contributed by atoms with Crippen LogP contribution in [0.2, 0.25) is 0 Å². The molecule has 2 fully saturated rings. The third-order valence-electron chi connectivity index (χ3n) is 4.88. The van der Waals surface area contributed by atoms with Crippen molar-refractivity contribution in [3.05, 3.63) is 0 Å². The number of piperidine rings is 1. The molecule has 1 saturated heterocycles. The maximum Gasteiger partial charge on any atom is 0.0103 e. The second-order valence-corrected chi connectivity index (χ2v) is 7.49. The van der Waals surface area contributed by atoms with Gasteiger partial charge in [0.05, 0.1) is 0 Å². The first-order valence-corrected chi connectivity index (χ1v) is 7.37. The molecular weight excluding hydrogens is 208 g/mol. The standard InChI is InChI=1S/C15H30N2/c1-11-7-13(9-15(3,4)8-11)17-6-5-14(16)12(2)10-17/h11-14H,5-10,16H2,1-4H3. The van der Waals surface area contributed by atoms with Crippen molar-refractivity contribution in [1.82, 2.24) is 4.90 Å². The molecule has 2 nitrogen and oxygen atoms in total. The lowest BCUT2D eigenvalue weighted by molar-refractivity contribution is 0.0368. The van der Waals surface area contributed by atoms with E-state index >= 15 is 0 Å². The first kappa shape index (κ1) is 13.4. The predicted octanol–water partition coefficient (Wildman–Crippen LogP) is 2.87. The molecule has 0 amide bonds. The highest BCUT2D eigenvalue weighted by Gasteiger charge is 2.36. The molecule has 1 saturated carbocycles. The average Bonchev–Trinajstić information content (AvgIpc) is 2.19. The van der Waals surface area contributed by atoms with Gasteiger partial charge in [-0.3, -0.25) is 4.90 Å². The smallest absolute Gasteiger partial charge is 0.0103 e. The Bertz CT molecular complexity index is 262. The van der Waals surface area contributed by atoms with E-state index < -0.39 is 0 Å². The van der Waals surface area contributed by atoms with Gasteiger partial charge in [0.2, 0.25) is 0 Å². The van der Waals surface area contributed by atoms with Crippen LogP contribution >= 0.6 is 0 Å². The third-order valence-corrected chi connectivity index (χ3v) is 4.88. The summed E-state index contributed by atoms with van der Waals surface area (Å²) in [7, 11) is 0. The van der Waals surface area contributed by atoms with Crippen molar-refractivity contribution in [1.29, 1.82) is 0 Å². The second kappa shape index (κ2) is 4.89. The maximum atomic E-state index is 6.12. The highest BCUT2D eigenvalue weighted by molar-refractivity contribution is 4.91. The summed E-state index contributed by atoms with van der Waals surface area (Å²) in [4.78, 5) is 2.73. The summed E-state index contributed by atoms with van der Waals surface area (Å²) < 4.78 is 0. The summed E-state index contributed by atoms with van der Waals surface area (Å²) in [5.74, 6) is 1.55. The van der Waals surface area contributed by atoms with Gasteiger partial charge >= 0.3 is 0 Å². The number of nitrogens with two attached hydrogens (primary N) is 1. The zero-order valence-electron chi connectivity index (χ0n) is 12.1. The molecule has 0 bridgehead atoms. The number of hydrogen-bond donors (Lipinski definition) is 1. The molecule has 0 aromatic rings. The fourth-order valence-electron chi connectivity index (χ4n) is 4.10. The molecule has 2 aliphatic rings. The molecule has 1 heterocycles. The Labute approximate surface area is 107 Å². The quantitative estimate of drug-likeness (QED) is 0.761. The van der Waals surface area contributed by atoms with Gasteiger partial charge in [0.25, 0.3) is 0 Å². The van der Waals surface area contributed by atoms with Crippen LogP contribution < -0.4 is 5.73 Å². The normalized spacial score (nSPS) is 43.6. The maximum absolute atomic E-state index is 6.12.